The van der Waals surface area contributed by atoms with E-state index in [1.165, 1.54) is 4.57 Å². The van der Waals surface area contributed by atoms with Crippen LogP contribution < -0.4 is 11.2 Å². The molecule has 1 aliphatic rings. The smallest absolute Gasteiger partial charge is 0.331 e. The first-order chi connectivity index (χ1) is 7.06. The Morgan fingerprint density at radius 1 is 1.53 bits per heavy atom. The number of nitrogens with zero attached hydrogens (tertiary/aromatic N) is 1. The molecule has 0 amide bonds. The quantitative estimate of drug-likeness (QED) is 0.759. The fraction of sp³-hybridized carbons (Fsp3) is 0.600. The second kappa shape index (κ2) is 3.25. The molecule has 5 nitrogen and oxygen atoms in total. The summed E-state index contributed by atoms with van der Waals surface area (Å²) in [4.78, 5) is 24.5. The fourth-order valence-corrected chi connectivity index (χ4v) is 1.80. The standard InChI is InChI=1S/C10H14N2O3/c1-2-10(3-4-10)6-12-8(14)5-7(13)11-9(12)15/h5,14H,2-4,6H2,1H3,(H,11,13,15). The van der Waals surface area contributed by atoms with E-state index in [4.69, 9.17) is 0 Å². The van der Waals surface area contributed by atoms with E-state index in [9.17, 15) is 14.7 Å². The maximum atomic E-state index is 11.4. The molecule has 5 heteroatoms. The van der Waals surface area contributed by atoms with Crippen molar-refractivity contribution < 1.29 is 5.11 Å². The average molecular weight is 210 g/mol. The van der Waals surface area contributed by atoms with Crippen molar-refractivity contribution in [2.45, 2.75) is 32.7 Å². The molecule has 0 bridgehead atoms. The molecule has 0 saturated heterocycles. The first kappa shape index (κ1) is 10.0. The van der Waals surface area contributed by atoms with E-state index in [1.54, 1.807) is 0 Å². The molecule has 0 aliphatic heterocycles. The van der Waals surface area contributed by atoms with Gasteiger partial charge in [-0.05, 0) is 24.7 Å². The molecule has 0 spiro atoms. The fourth-order valence-electron chi connectivity index (χ4n) is 1.80. The summed E-state index contributed by atoms with van der Waals surface area (Å²) < 4.78 is 1.23. The summed E-state index contributed by atoms with van der Waals surface area (Å²) in [6.07, 6.45) is 3.14. The molecule has 2 rings (SSSR count). The molecule has 1 saturated carbocycles. The lowest BCUT2D eigenvalue weighted by atomic mass is 10.0. The van der Waals surface area contributed by atoms with Gasteiger partial charge in [0.1, 0.15) is 0 Å². The van der Waals surface area contributed by atoms with Crippen molar-refractivity contribution in [1.82, 2.24) is 9.55 Å². The number of rotatable bonds is 3. The van der Waals surface area contributed by atoms with Gasteiger partial charge in [0.2, 0.25) is 5.88 Å². The highest BCUT2D eigenvalue weighted by Crippen LogP contribution is 2.50. The van der Waals surface area contributed by atoms with Gasteiger partial charge in [0.15, 0.2) is 0 Å². The Morgan fingerprint density at radius 2 is 2.20 bits per heavy atom. The van der Waals surface area contributed by atoms with Gasteiger partial charge in [0, 0.05) is 6.54 Å². The van der Waals surface area contributed by atoms with Crippen molar-refractivity contribution in [2.24, 2.45) is 5.41 Å². The number of aromatic amines is 1. The average Bonchev–Trinajstić information content (AvgIpc) is 2.92. The van der Waals surface area contributed by atoms with Crippen LogP contribution in [0.25, 0.3) is 0 Å². The van der Waals surface area contributed by atoms with Crippen molar-refractivity contribution in [3.63, 3.8) is 0 Å². The van der Waals surface area contributed by atoms with E-state index >= 15 is 0 Å². The normalized spacial score (nSPS) is 17.7. The molecule has 15 heavy (non-hydrogen) atoms. The van der Waals surface area contributed by atoms with E-state index in [-0.39, 0.29) is 11.3 Å². The van der Waals surface area contributed by atoms with Crippen LogP contribution in [0.1, 0.15) is 26.2 Å². The lowest BCUT2D eigenvalue weighted by Gasteiger charge is -2.14. The third kappa shape index (κ3) is 1.82. The summed E-state index contributed by atoms with van der Waals surface area (Å²) in [5.41, 5.74) is -0.936. The molecule has 0 atom stereocenters. The summed E-state index contributed by atoms with van der Waals surface area (Å²) in [5.74, 6) is -0.247. The topological polar surface area (TPSA) is 75.1 Å². The van der Waals surface area contributed by atoms with E-state index in [1.807, 2.05) is 0 Å². The highest BCUT2D eigenvalue weighted by Gasteiger charge is 2.41. The zero-order valence-electron chi connectivity index (χ0n) is 8.62. The van der Waals surface area contributed by atoms with Crippen LogP contribution in [0.2, 0.25) is 0 Å². The minimum Gasteiger partial charge on any atom is -0.494 e. The van der Waals surface area contributed by atoms with Gasteiger partial charge in [-0.25, -0.2) is 4.79 Å². The number of H-pyrrole nitrogens is 1. The van der Waals surface area contributed by atoms with E-state index in [0.717, 1.165) is 25.3 Å². The number of hydrogen-bond acceptors (Lipinski definition) is 3. The third-order valence-corrected chi connectivity index (χ3v) is 3.21. The van der Waals surface area contributed by atoms with E-state index in [2.05, 4.69) is 11.9 Å². The van der Waals surface area contributed by atoms with Crippen molar-refractivity contribution in [3.05, 3.63) is 26.9 Å². The highest BCUT2D eigenvalue weighted by molar-refractivity contribution is 5.07. The lowest BCUT2D eigenvalue weighted by Crippen LogP contribution is -2.31. The predicted molar refractivity (Wildman–Crippen MR) is 54.9 cm³/mol. The molecule has 1 aromatic heterocycles. The largest absolute Gasteiger partial charge is 0.494 e. The molecular formula is C10H14N2O3. The van der Waals surface area contributed by atoms with Crippen molar-refractivity contribution >= 4 is 0 Å². The minimum atomic E-state index is -0.560. The van der Waals surface area contributed by atoms with Crippen LogP contribution in [0, 0.1) is 5.41 Å². The number of nitrogens with one attached hydrogen (secondary N) is 1. The maximum absolute atomic E-state index is 11.4. The van der Waals surface area contributed by atoms with Gasteiger partial charge in [-0.15, -0.1) is 0 Å². The first-order valence-corrected chi connectivity index (χ1v) is 5.09. The Kier molecular flexibility index (Phi) is 2.17. The molecule has 2 N–H and O–H groups in total. The molecule has 1 heterocycles. The van der Waals surface area contributed by atoms with E-state index in [0.29, 0.717) is 6.54 Å². The Bertz CT molecular complexity index is 482. The first-order valence-electron chi connectivity index (χ1n) is 5.09. The van der Waals surface area contributed by atoms with Crippen LogP contribution in [0.4, 0.5) is 0 Å². The molecule has 82 valence electrons. The zero-order chi connectivity index (χ0) is 11.1. The Labute approximate surface area is 86.4 Å². The van der Waals surface area contributed by atoms with Crippen molar-refractivity contribution in [3.8, 4) is 5.88 Å². The SMILES string of the molecule is CCC1(Cn2c(O)cc(=O)[nH]c2=O)CC1. The monoisotopic (exact) mass is 210 g/mol. The molecular weight excluding hydrogens is 196 g/mol. The molecule has 1 aromatic rings. The Morgan fingerprint density at radius 3 is 2.67 bits per heavy atom. The summed E-state index contributed by atoms with van der Waals surface area (Å²) in [5, 5.41) is 9.50. The van der Waals surface area contributed by atoms with Crippen LogP contribution >= 0.6 is 0 Å². The van der Waals surface area contributed by atoms with Crippen LogP contribution in [-0.2, 0) is 6.54 Å². The summed E-state index contributed by atoms with van der Waals surface area (Å²) >= 11 is 0. The van der Waals surface area contributed by atoms with Gasteiger partial charge < -0.3 is 5.11 Å². The molecule has 0 unspecified atom stereocenters. The summed E-state index contributed by atoms with van der Waals surface area (Å²) in [7, 11) is 0. The summed E-state index contributed by atoms with van der Waals surface area (Å²) in [6.45, 7) is 2.56. The van der Waals surface area contributed by atoms with Crippen molar-refractivity contribution in [2.75, 3.05) is 0 Å². The van der Waals surface area contributed by atoms with Crippen LogP contribution in [-0.4, -0.2) is 14.7 Å². The number of aromatic nitrogens is 2. The Hall–Kier alpha value is -1.52. The molecule has 0 radical (unpaired) electrons. The van der Waals surface area contributed by atoms with Gasteiger partial charge in [-0.2, -0.15) is 0 Å². The van der Waals surface area contributed by atoms with Crippen LogP contribution in [0.3, 0.4) is 0 Å². The molecule has 1 fully saturated rings. The van der Waals surface area contributed by atoms with Crippen LogP contribution in [0.15, 0.2) is 15.7 Å². The van der Waals surface area contributed by atoms with Gasteiger partial charge in [0.05, 0.1) is 6.07 Å². The van der Waals surface area contributed by atoms with Crippen LogP contribution in [0.5, 0.6) is 5.88 Å². The molecule has 0 aromatic carbocycles. The lowest BCUT2D eigenvalue weighted by molar-refractivity contribution is 0.339. The van der Waals surface area contributed by atoms with Gasteiger partial charge in [0.25, 0.3) is 5.56 Å². The number of hydrogen-bond donors (Lipinski definition) is 2. The van der Waals surface area contributed by atoms with Crippen molar-refractivity contribution in [1.29, 1.82) is 0 Å². The predicted octanol–water partition coefficient (Wildman–Crippen LogP) is 0.432. The Balaban J connectivity index is 2.37. The van der Waals surface area contributed by atoms with Gasteiger partial charge in [-0.3, -0.25) is 14.3 Å². The second-order valence-corrected chi connectivity index (χ2v) is 4.24. The minimum absolute atomic E-state index is 0.152. The third-order valence-electron chi connectivity index (χ3n) is 3.21. The van der Waals surface area contributed by atoms with Gasteiger partial charge >= 0.3 is 5.69 Å². The second-order valence-electron chi connectivity index (χ2n) is 4.24. The number of aromatic hydroxyl groups is 1. The molecule has 1 aliphatic carbocycles. The maximum Gasteiger partial charge on any atom is 0.331 e. The zero-order valence-corrected chi connectivity index (χ0v) is 8.62. The summed E-state index contributed by atoms with van der Waals surface area (Å²) in [6, 6.07) is 1.03. The highest BCUT2D eigenvalue weighted by atomic mass is 16.3. The van der Waals surface area contributed by atoms with E-state index < -0.39 is 11.2 Å². The van der Waals surface area contributed by atoms with Gasteiger partial charge in [-0.1, -0.05) is 6.92 Å².